The molecule has 0 aliphatic heterocycles. The van der Waals surface area contributed by atoms with Gasteiger partial charge in [0.25, 0.3) is 0 Å². The van der Waals surface area contributed by atoms with Crippen molar-refractivity contribution in [3.8, 4) is 5.75 Å². The Morgan fingerprint density at radius 1 is 1.29 bits per heavy atom. The molecule has 0 aliphatic carbocycles. The molecule has 0 bridgehead atoms. The molecule has 0 aliphatic rings. The van der Waals surface area contributed by atoms with Gasteiger partial charge in [0.05, 0.1) is 24.4 Å². The second-order valence-electron chi connectivity index (χ2n) is 7.65. The van der Waals surface area contributed by atoms with Crippen LogP contribution in [-0.4, -0.2) is 44.6 Å². The SMILES string of the molecule is CCOc1ccc(C(c2c(CCCO)c(Cl)nc3ccnn23)C(C)(C)OC(N)=O)cc1. The fraction of sp³-hybridized carbons (Fsp3) is 0.409. The number of aliphatic hydroxyl groups is 1. The van der Waals surface area contributed by atoms with Gasteiger partial charge in [-0.3, -0.25) is 0 Å². The van der Waals surface area contributed by atoms with Crippen LogP contribution >= 0.6 is 11.6 Å². The fourth-order valence-electron chi connectivity index (χ4n) is 3.88. The lowest BCUT2D eigenvalue weighted by atomic mass is 9.79. The molecule has 3 N–H and O–H groups in total. The molecule has 2 heterocycles. The average molecular weight is 447 g/mol. The maximum atomic E-state index is 11.7. The molecular formula is C22H27ClN4O4. The number of rotatable bonds is 9. The second kappa shape index (κ2) is 9.53. The number of nitrogens with zero attached hydrogens (tertiary/aromatic N) is 3. The monoisotopic (exact) mass is 446 g/mol. The van der Waals surface area contributed by atoms with Gasteiger partial charge >= 0.3 is 6.09 Å². The minimum absolute atomic E-state index is 0.00180. The van der Waals surface area contributed by atoms with E-state index < -0.39 is 17.6 Å². The Balaban J connectivity index is 2.27. The Bertz CT molecular complexity index is 1050. The van der Waals surface area contributed by atoms with E-state index in [0.717, 1.165) is 22.6 Å². The summed E-state index contributed by atoms with van der Waals surface area (Å²) in [6, 6.07) is 9.32. The van der Waals surface area contributed by atoms with E-state index >= 15 is 0 Å². The van der Waals surface area contributed by atoms with Gasteiger partial charge in [-0.2, -0.15) is 5.10 Å². The summed E-state index contributed by atoms with van der Waals surface area (Å²) >= 11 is 6.57. The summed E-state index contributed by atoms with van der Waals surface area (Å²) in [5.74, 6) is 0.253. The Morgan fingerprint density at radius 3 is 2.61 bits per heavy atom. The zero-order valence-corrected chi connectivity index (χ0v) is 18.6. The molecule has 0 radical (unpaired) electrons. The molecular weight excluding hydrogens is 420 g/mol. The molecule has 0 saturated heterocycles. The number of aromatic nitrogens is 3. The average Bonchev–Trinajstić information content (AvgIpc) is 3.16. The van der Waals surface area contributed by atoms with Crippen molar-refractivity contribution in [2.45, 2.75) is 45.1 Å². The highest BCUT2D eigenvalue weighted by Gasteiger charge is 2.39. The molecule has 0 spiro atoms. The molecule has 1 aromatic carbocycles. The van der Waals surface area contributed by atoms with Gasteiger partial charge in [-0.1, -0.05) is 23.7 Å². The normalized spacial score (nSPS) is 12.7. The highest BCUT2D eigenvalue weighted by molar-refractivity contribution is 6.30. The largest absolute Gasteiger partial charge is 0.494 e. The molecule has 8 nitrogen and oxygen atoms in total. The molecule has 9 heteroatoms. The van der Waals surface area contributed by atoms with Crippen LogP contribution < -0.4 is 10.5 Å². The van der Waals surface area contributed by atoms with Gasteiger partial charge in [0, 0.05) is 18.2 Å². The van der Waals surface area contributed by atoms with Crippen LogP contribution in [0.2, 0.25) is 5.15 Å². The maximum Gasteiger partial charge on any atom is 0.405 e. The van der Waals surface area contributed by atoms with Crippen LogP contribution in [0, 0.1) is 0 Å². The quantitative estimate of drug-likeness (QED) is 0.484. The van der Waals surface area contributed by atoms with Crippen molar-refractivity contribution in [1.29, 1.82) is 0 Å². The van der Waals surface area contributed by atoms with E-state index in [4.69, 9.17) is 26.8 Å². The zero-order valence-electron chi connectivity index (χ0n) is 17.8. The van der Waals surface area contributed by atoms with E-state index in [1.807, 2.05) is 31.2 Å². The van der Waals surface area contributed by atoms with Crippen molar-refractivity contribution in [2.24, 2.45) is 5.73 Å². The number of primary amides is 1. The summed E-state index contributed by atoms with van der Waals surface area (Å²) in [7, 11) is 0. The predicted octanol–water partition coefficient (Wildman–Crippen LogP) is 3.71. The predicted molar refractivity (Wildman–Crippen MR) is 118 cm³/mol. The third kappa shape index (κ3) is 4.91. The van der Waals surface area contributed by atoms with Crippen LogP contribution in [0.15, 0.2) is 36.5 Å². The van der Waals surface area contributed by atoms with Gasteiger partial charge in [-0.15, -0.1) is 0 Å². The van der Waals surface area contributed by atoms with Gasteiger partial charge in [-0.25, -0.2) is 14.3 Å². The minimum Gasteiger partial charge on any atom is -0.494 e. The number of nitrogens with two attached hydrogens (primary N) is 1. The maximum absolute atomic E-state index is 11.7. The van der Waals surface area contributed by atoms with Gasteiger partial charge in [-0.05, 0) is 51.3 Å². The van der Waals surface area contributed by atoms with Crippen molar-refractivity contribution >= 4 is 23.3 Å². The van der Waals surface area contributed by atoms with Gasteiger partial charge in [0.2, 0.25) is 0 Å². The molecule has 166 valence electrons. The lowest BCUT2D eigenvalue weighted by molar-refractivity contribution is 0.0316. The van der Waals surface area contributed by atoms with Crippen molar-refractivity contribution in [3.05, 3.63) is 58.5 Å². The van der Waals surface area contributed by atoms with Crippen LogP contribution in [0.1, 0.15) is 49.9 Å². The summed E-state index contributed by atoms with van der Waals surface area (Å²) in [5, 5.41) is 14.2. The van der Waals surface area contributed by atoms with Crippen molar-refractivity contribution < 1.29 is 19.4 Å². The summed E-state index contributed by atoms with van der Waals surface area (Å²) < 4.78 is 12.8. The summed E-state index contributed by atoms with van der Waals surface area (Å²) in [5.41, 5.74) is 7.24. The Labute approximate surface area is 185 Å². The molecule has 3 rings (SSSR count). The topological polar surface area (TPSA) is 112 Å². The van der Waals surface area contributed by atoms with Crippen LogP contribution in [0.25, 0.3) is 5.65 Å². The summed E-state index contributed by atoms with van der Waals surface area (Å²) in [4.78, 5) is 16.2. The Hall–Kier alpha value is -2.84. The van der Waals surface area contributed by atoms with Crippen LogP contribution in [0.4, 0.5) is 4.79 Å². The molecule has 31 heavy (non-hydrogen) atoms. The first-order valence-corrected chi connectivity index (χ1v) is 10.5. The molecule has 3 aromatic rings. The Kier molecular flexibility index (Phi) is 7.02. The van der Waals surface area contributed by atoms with Gasteiger partial charge in [0.1, 0.15) is 16.5 Å². The third-order valence-electron chi connectivity index (χ3n) is 5.06. The number of ether oxygens (including phenoxy) is 2. The van der Waals surface area contributed by atoms with E-state index in [9.17, 15) is 9.90 Å². The number of benzene rings is 1. The number of amides is 1. The van der Waals surface area contributed by atoms with E-state index in [1.54, 1.807) is 30.6 Å². The van der Waals surface area contributed by atoms with Crippen LogP contribution in [0.5, 0.6) is 5.75 Å². The van der Waals surface area contributed by atoms with Crippen molar-refractivity contribution in [3.63, 3.8) is 0 Å². The molecule has 1 atom stereocenters. The standard InChI is InChI=1S/C22H27ClN4O4/c1-4-30-15-9-7-14(8-10-15)18(22(2,3)31-21(24)29)19-16(6-5-13-28)20(23)26-17-11-12-25-27(17)19/h7-12,18,28H,4-6,13H2,1-3H3,(H2,24,29). The number of aliphatic hydroxyl groups excluding tert-OH is 1. The van der Waals surface area contributed by atoms with Gasteiger partial charge in [0.15, 0.2) is 5.65 Å². The van der Waals surface area contributed by atoms with Crippen molar-refractivity contribution in [2.75, 3.05) is 13.2 Å². The van der Waals surface area contributed by atoms with E-state index in [1.165, 1.54) is 0 Å². The minimum atomic E-state index is -1.05. The van der Waals surface area contributed by atoms with E-state index in [-0.39, 0.29) is 6.61 Å². The van der Waals surface area contributed by atoms with E-state index in [2.05, 4.69) is 10.1 Å². The van der Waals surface area contributed by atoms with Crippen LogP contribution in [0.3, 0.4) is 0 Å². The molecule has 2 aromatic heterocycles. The highest BCUT2D eigenvalue weighted by Crippen LogP contribution is 2.41. The fourth-order valence-corrected chi connectivity index (χ4v) is 4.16. The second-order valence-corrected chi connectivity index (χ2v) is 8.01. The zero-order chi connectivity index (χ0) is 22.6. The number of halogens is 1. The third-order valence-corrected chi connectivity index (χ3v) is 5.38. The Morgan fingerprint density at radius 2 is 2.00 bits per heavy atom. The van der Waals surface area contributed by atoms with Gasteiger partial charge < -0.3 is 20.3 Å². The summed E-state index contributed by atoms with van der Waals surface area (Å²) in [6.07, 6.45) is 1.73. The number of fused-ring (bicyclic) bond motifs is 1. The molecule has 1 unspecified atom stereocenters. The van der Waals surface area contributed by atoms with E-state index in [0.29, 0.717) is 30.2 Å². The molecule has 1 amide bonds. The number of hydrogen-bond donors (Lipinski definition) is 2. The molecule has 0 fully saturated rings. The smallest absolute Gasteiger partial charge is 0.405 e. The highest BCUT2D eigenvalue weighted by atomic mass is 35.5. The molecule has 0 saturated carbocycles. The number of carbonyl (C=O) groups is 1. The number of hydrogen-bond acceptors (Lipinski definition) is 6. The van der Waals surface area contributed by atoms with Crippen molar-refractivity contribution in [1.82, 2.24) is 14.6 Å². The number of carbonyl (C=O) groups excluding carboxylic acids is 1. The first-order valence-electron chi connectivity index (χ1n) is 10.1. The summed E-state index contributed by atoms with van der Waals surface area (Å²) in [6.45, 7) is 6.05. The van der Waals surface area contributed by atoms with Crippen LogP contribution in [-0.2, 0) is 11.2 Å². The lowest BCUT2D eigenvalue weighted by Crippen LogP contribution is -2.39. The first-order chi connectivity index (χ1) is 14.8. The lowest BCUT2D eigenvalue weighted by Gasteiger charge is -2.35. The first kappa shape index (κ1) is 22.8.